The normalized spacial score (nSPS) is 27.7. The van der Waals surface area contributed by atoms with Crippen molar-refractivity contribution < 1.29 is 9.53 Å². The highest BCUT2D eigenvalue weighted by Crippen LogP contribution is 2.40. The summed E-state index contributed by atoms with van der Waals surface area (Å²) in [6.07, 6.45) is 7.11. The number of rotatable bonds is 4. The fourth-order valence-corrected chi connectivity index (χ4v) is 4.03. The highest BCUT2D eigenvalue weighted by molar-refractivity contribution is 5.69. The van der Waals surface area contributed by atoms with Gasteiger partial charge in [0.15, 0.2) is 0 Å². The zero-order chi connectivity index (χ0) is 14.7. The van der Waals surface area contributed by atoms with E-state index in [1.54, 1.807) is 0 Å². The molecule has 21 heavy (non-hydrogen) atoms. The van der Waals surface area contributed by atoms with Gasteiger partial charge in [0, 0.05) is 12.1 Å². The second-order valence-electron chi connectivity index (χ2n) is 6.46. The van der Waals surface area contributed by atoms with Gasteiger partial charge in [-0.2, -0.15) is 0 Å². The summed E-state index contributed by atoms with van der Waals surface area (Å²) in [6.45, 7) is 2.64. The predicted octanol–water partition coefficient (Wildman–Crippen LogP) is 4.37. The molecule has 2 bridgehead atoms. The van der Waals surface area contributed by atoms with E-state index in [2.05, 4.69) is 6.92 Å². The van der Waals surface area contributed by atoms with Crippen LogP contribution in [0.2, 0.25) is 0 Å². The van der Waals surface area contributed by atoms with Crippen molar-refractivity contribution in [1.29, 1.82) is 0 Å². The van der Waals surface area contributed by atoms with E-state index in [0.717, 1.165) is 24.3 Å². The van der Waals surface area contributed by atoms with Gasteiger partial charge in [-0.3, -0.25) is 0 Å². The van der Waals surface area contributed by atoms with Crippen molar-refractivity contribution in [2.45, 2.75) is 64.1 Å². The fourth-order valence-electron chi connectivity index (χ4n) is 4.03. The summed E-state index contributed by atoms with van der Waals surface area (Å²) >= 11 is 0. The summed E-state index contributed by atoms with van der Waals surface area (Å²) in [6, 6.07) is 10.8. The SMILES string of the molecule is CCCC1CC2CCC(C1)N2C(=O)OCc1ccccc1. The van der Waals surface area contributed by atoms with Crippen molar-refractivity contribution in [3.8, 4) is 0 Å². The van der Waals surface area contributed by atoms with Crippen LogP contribution in [-0.2, 0) is 11.3 Å². The molecule has 0 aliphatic carbocycles. The first-order chi connectivity index (χ1) is 10.3. The Labute approximate surface area is 127 Å². The highest BCUT2D eigenvalue weighted by Gasteiger charge is 2.43. The third kappa shape index (κ3) is 3.22. The predicted molar refractivity (Wildman–Crippen MR) is 82.9 cm³/mol. The third-order valence-corrected chi connectivity index (χ3v) is 4.94. The molecule has 2 saturated heterocycles. The lowest BCUT2D eigenvalue weighted by Gasteiger charge is -2.38. The van der Waals surface area contributed by atoms with E-state index in [9.17, 15) is 4.79 Å². The zero-order valence-electron chi connectivity index (χ0n) is 12.8. The van der Waals surface area contributed by atoms with Gasteiger partial charge >= 0.3 is 6.09 Å². The molecule has 114 valence electrons. The molecule has 2 aliphatic rings. The first-order valence-corrected chi connectivity index (χ1v) is 8.27. The third-order valence-electron chi connectivity index (χ3n) is 4.94. The van der Waals surface area contributed by atoms with Crippen LogP contribution in [0.1, 0.15) is 51.0 Å². The molecule has 3 heteroatoms. The number of carbonyl (C=O) groups is 1. The molecular formula is C18H25NO2. The summed E-state index contributed by atoms with van der Waals surface area (Å²) in [7, 11) is 0. The maximum absolute atomic E-state index is 12.4. The number of piperidine rings is 1. The van der Waals surface area contributed by atoms with E-state index in [-0.39, 0.29) is 6.09 Å². The van der Waals surface area contributed by atoms with Gasteiger partial charge in [0.05, 0.1) is 0 Å². The van der Waals surface area contributed by atoms with Gasteiger partial charge in [-0.15, -0.1) is 0 Å². The monoisotopic (exact) mass is 287 g/mol. The Hall–Kier alpha value is -1.51. The van der Waals surface area contributed by atoms with Crippen molar-refractivity contribution in [3.05, 3.63) is 35.9 Å². The van der Waals surface area contributed by atoms with Crippen molar-refractivity contribution in [1.82, 2.24) is 4.90 Å². The average molecular weight is 287 g/mol. The molecule has 1 aromatic rings. The number of carbonyl (C=O) groups excluding carboxylic acids is 1. The lowest BCUT2D eigenvalue weighted by Crippen LogP contribution is -2.46. The lowest BCUT2D eigenvalue weighted by atomic mass is 9.88. The Balaban J connectivity index is 1.56. The van der Waals surface area contributed by atoms with E-state index in [4.69, 9.17) is 4.74 Å². The number of hydrogen-bond donors (Lipinski definition) is 0. The molecule has 0 aromatic heterocycles. The first kappa shape index (κ1) is 14.4. The number of hydrogen-bond acceptors (Lipinski definition) is 2. The minimum Gasteiger partial charge on any atom is -0.445 e. The van der Waals surface area contributed by atoms with Crippen LogP contribution < -0.4 is 0 Å². The number of fused-ring (bicyclic) bond motifs is 2. The van der Waals surface area contributed by atoms with Gasteiger partial charge in [0.25, 0.3) is 0 Å². The molecule has 1 aromatic carbocycles. The highest BCUT2D eigenvalue weighted by atomic mass is 16.6. The molecule has 2 heterocycles. The Morgan fingerprint density at radius 1 is 1.19 bits per heavy atom. The Kier molecular flexibility index (Phi) is 4.47. The minimum absolute atomic E-state index is 0.110. The van der Waals surface area contributed by atoms with Gasteiger partial charge in [-0.05, 0) is 37.2 Å². The summed E-state index contributed by atoms with van der Waals surface area (Å²) < 4.78 is 5.53. The van der Waals surface area contributed by atoms with Gasteiger partial charge in [-0.1, -0.05) is 50.1 Å². The summed E-state index contributed by atoms with van der Waals surface area (Å²) in [5.74, 6) is 0.811. The number of ether oxygens (including phenoxy) is 1. The topological polar surface area (TPSA) is 29.5 Å². The summed E-state index contributed by atoms with van der Waals surface area (Å²) in [5.41, 5.74) is 1.05. The van der Waals surface area contributed by atoms with E-state index < -0.39 is 0 Å². The van der Waals surface area contributed by atoms with Crippen molar-refractivity contribution in [2.24, 2.45) is 5.92 Å². The van der Waals surface area contributed by atoms with Crippen LogP contribution in [0.3, 0.4) is 0 Å². The standard InChI is InChI=1S/C18H25NO2/c1-2-6-15-11-16-9-10-17(12-15)19(16)18(20)21-13-14-7-4-3-5-8-14/h3-5,7-8,15-17H,2,6,9-13H2,1H3. The van der Waals surface area contributed by atoms with Crippen LogP contribution >= 0.6 is 0 Å². The zero-order valence-corrected chi connectivity index (χ0v) is 12.8. The largest absolute Gasteiger partial charge is 0.445 e. The molecule has 0 radical (unpaired) electrons. The van der Waals surface area contributed by atoms with Gasteiger partial charge in [0.1, 0.15) is 6.61 Å². The van der Waals surface area contributed by atoms with Crippen LogP contribution in [0, 0.1) is 5.92 Å². The molecule has 3 rings (SSSR count). The quantitative estimate of drug-likeness (QED) is 0.823. The first-order valence-electron chi connectivity index (χ1n) is 8.27. The average Bonchev–Trinajstić information content (AvgIpc) is 2.78. The molecule has 0 saturated carbocycles. The van der Waals surface area contributed by atoms with E-state index in [1.165, 1.54) is 25.7 Å². The Bertz CT molecular complexity index is 459. The van der Waals surface area contributed by atoms with Gasteiger partial charge < -0.3 is 9.64 Å². The Morgan fingerprint density at radius 3 is 2.48 bits per heavy atom. The molecule has 0 spiro atoms. The molecule has 2 aliphatic heterocycles. The van der Waals surface area contributed by atoms with Crippen LogP contribution in [0.4, 0.5) is 4.79 Å². The second kappa shape index (κ2) is 6.50. The van der Waals surface area contributed by atoms with Crippen LogP contribution in [0.5, 0.6) is 0 Å². The minimum atomic E-state index is -0.110. The van der Waals surface area contributed by atoms with E-state index in [1.807, 2.05) is 35.2 Å². The van der Waals surface area contributed by atoms with Gasteiger partial charge in [-0.25, -0.2) is 4.79 Å². The van der Waals surface area contributed by atoms with E-state index >= 15 is 0 Å². The summed E-state index contributed by atoms with van der Waals surface area (Å²) in [5, 5.41) is 0. The number of benzene rings is 1. The van der Waals surface area contributed by atoms with Crippen LogP contribution in [-0.4, -0.2) is 23.1 Å². The molecule has 2 fully saturated rings. The fraction of sp³-hybridized carbons (Fsp3) is 0.611. The van der Waals surface area contributed by atoms with E-state index in [0.29, 0.717) is 18.7 Å². The summed E-state index contributed by atoms with van der Waals surface area (Å²) in [4.78, 5) is 14.4. The molecular weight excluding hydrogens is 262 g/mol. The molecule has 1 amide bonds. The number of nitrogens with zero attached hydrogens (tertiary/aromatic N) is 1. The second-order valence-corrected chi connectivity index (χ2v) is 6.46. The molecule has 2 atom stereocenters. The smallest absolute Gasteiger partial charge is 0.410 e. The van der Waals surface area contributed by atoms with Crippen molar-refractivity contribution in [2.75, 3.05) is 0 Å². The number of amides is 1. The molecule has 0 N–H and O–H groups in total. The Morgan fingerprint density at radius 2 is 1.86 bits per heavy atom. The van der Waals surface area contributed by atoms with Crippen molar-refractivity contribution >= 4 is 6.09 Å². The molecule has 2 unspecified atom stereocenters. The van der Waals surface area contributed by atoms with Crippen LogP contribution in [0.15, 0.2) is 30.3 Å². The van der Waals surface area contributed by atoms with Crippen LogP contribution in [0.25, 0.3) is 0 Å². The lowest BCUT2D eigenvalue weighted by molar-refractivity contribution is 0.0519. The van der Waals surface area contributed by atoms with Gasteiger partial charge in [0.2, 0.25) is 0 Å². The maximum atomic E-state index is 12.4. The van der Waals surface area contributed by atoms with Crippen molar-refractivity contribution in [3.63, 3.8) is 0 Å². The molecule has 3 nitrogen and oxygen atoms in total. The maximum Gasteiger partial charge on any atom is 0.410 e.